The zero-order chi connectivity index (χ0) is 13.2. The van der Waals surface area contributed by atoms with Gasteiger partial charge in [0.2, 0.25) is 0 Å². The number of benzene rings is 2. The lowest BCUT2D eigenvalue weighted by Gasteiger charge is -2.29. The molecule has 1 aliphatic heterocycles. The first kappa shape index (κ1) is 11.8. The van der Waals surface area contributed by atoms with Crippen LogP contribution in [0.3, 0.4) is 0 Å². The molecule has 3 heteroatoms. The molecule has 1 aliphatic rings. The fraction of sp³-hybridized carbons (Fsp3) is 0.188. The van der Waals surface area contributed by atoms with Gasteiger partial charge < -0.3 is 10.6 Å². The number of carbonyl (C=O) groups is 1. The number of amides is 1. The molecule has 0 unspecified atom stereocenters. The van der Waals surface area contributed by atoms with E-state index in [1.165, 1.54) is 5.56 Å². The van der Waals surface area contributed by atoms with Gasteiger partial charge in [-0.3, -0.25) is 4.79 Å². The molecule has 3 rings (SSSR count). The van der Waals surface area contributed by atoms with E-state index >= 15 is 0 Å². The van der Waals surface area contributed by atoms with Gasteiger partial charge in [-0.1, -0.05) is 30.3 Å². The molecule has 3 nitrogen and oxygen atoms in total. The molecule has 0 aromatic heterocycles. The monoisotopic (exact) mass is 252 g/mol. The Morgan fingerprint density at radius 3 is 2.63 bits per heavy atom. The first-order valence-corrected chi connectivity index (χ1v) is 6.51. The number of carbonyl (C=O) groups excluding carboxylic acids is 1. The summed E-state index contributed by atoms with van der Waals surface area (Å²) in [6, 6.07) is 15.3. The molecule has 0 atom stereocenters. The highest BCUT2D eigenvalue weighted by atomic mass is 16.2. The van der Waals surface area contributed by atoms with Gasteiger partial charge in [-0.2, -0.15) is 0 Å². The number of rotatable bonds is 1. The van der Waals surface area contributed by atoms with E-state index in [1.807, 2.05) is 35.2 Å². The Labute approximate surface area is 112 Å². The minimum atomic E-state index is -0.00903. The third-order valence-electron chi connectivity index (χ3n) is 3.55. The predicted molar refractivity (Wildman–Crippen MR) is 77.3 cm³/mol. The molecule has 19 heavy (non-hydrogen) atoms. The summed E-state index contributed by atoms with van der Waals surface area (Å²) in [5.74, 6) is -0.00903. The molecule has 0 aliphatic carbocycles. The van der Waals surface area contributed by atoms with Crippen LogP contribution >= 0.6 is 0 Å². The number of nitrogen functional groups attached to an aromatic ring is 1. The fourth-order valence-electron chi connectivity index (χ4n) is 2.58. The summed E-state index contributed by atoms with van der Waals surface area (Å²) in [7, 11) is 0. The summed E-state index contributed by atoms with van der Waals surface area (Å²) >= 11 is 0. The van der Waals surface area contributed by atoms with Crippen LogP contribution < -0.4 is 10.6 Å². The molecule has 2 aromatic carbocycles. The summed E-state index contributed by atoms with van der Waals surface area (Å²) < 4.78 is 0. The van der Waals surface area contributed by atoms with Crippen LogP contribution in [0, 0.1) is 0 Å². The standard InChI is InChI=1S/C16H16N2O/c17-14-9-3-2-8-13(14)16(19)18-11-5-7-12-6-1-4-10-15(12)18/h1-4,6,8-10H,5,7,11,17H2. The van der Waals surface area contributed by atoms with Crippen molar-refractivity contribution in [1.29, 1.82) is 0 Å². The second kappa shape index (κ2) is 4.76. The van der Waals surface area contributed by atoms with Gasteiger partial charge in [0.05, 0.1) is 5.56 Å². The number of hydrogen-bond donors (Lipinski definition) is 1. The van der Waals surface area contributed by atoms with Crippen LogP contribution in [0.5, 0.6) is 0 Å². The maximum Gasteiger partial charge on any atom is 0.260 e. The highest BCUT2D eigenvalue weighted by molar-refractivity contribution is 6.09. The average Bonchev–Trinajstić information content (AvgIpc) is 2.46. The third-order valence-corrected chi connectivity index (χ3v) is 3.55. The molecule has 0 bridgehead atoms. The van der Waals surface area contributed by atoms with Crippen molar-refractivity contribution >= 4 is 17.3 Å². The highest BCUT2D eigenvalue weighted by Crippen LogP contribution is 2.28. The molecule has 2 aromatic rings. The number of fused-ring (bicyclic) bond motifs is 1. The Balaban J connectivity index is 2.00. The largest absolute Gasteiger partial charge is 0.398 e. The lowest BCUT2D eigenvalue weighted by Crippen LogP contribution is -2.35. The van der Waals surface area contributed by atoms with E-state index in [0.717, 1.165) is 25.1 Å². The predicted octanol–water partition coefficient (Wildman–Crippen LogP) is 2.86. The first-order valence-electron chi connectivity index (χ1n) is 6.51. The molecule has 0 spiro atoms. The zero-order valence-corrected chi connectivity index (χ0v) is 10.7. The summed E-state index contributed by atoms with van der Waals surface area (Å²) in [4.78, 5) is 14.5. The number of para-hydroxylation sites is 2. The molecular formula is C16H16N2O. The number of anilines is 2. The van der Waals surface area contributed by atoms with E-state index in [2.05, 4.69) is 6.07 Å². The molecule has 2 N–H and O–H groups in total. The lowest BCUT2D eigenvalue weighted by atomic mass is 10.0. The SMILES string of the molecule is Nc1ccccc1C(=O)N1CCCc2ccccc21. The van der Waals surface area contributed by atoms with Gasteiger partial charge in [0.15, 0.2) is 0 Å². The smallest absolute Gasteiger partial charge is 0.260 e. The summed E-state index contributed by atoms with van der Waals surface area (Å²) in [6.07, 6.45) is 2.03. The summed E-state index contributed by atoms with van der Waals surface area (Å²) in [6.45, 7) is 0.754. The van der Waals surface area contributed by atoms with E-state index in [9.17, 15) is 4.79 Å². The Morgan fingerprint density at radius 2 is 1.79 bits per heavy atom. The van der Waals surface area contributed by atoms with Crippen LogP contribution in [0.2, 0.25) is 0 Å². The third kappa shape index (κ3) is 2.08. The first-order chi connectivity index (χ1) is 9.27. The van der Waals surface area contributed by atoms with Crippen molar-refractivity contribution in [2.45, 2.75) is 12.8 Å². The molecule has 96 valence electrons. The number of aryl methyl sites for hydroxylation is 1. The fourth-order valence-corrected chi connectivity index (χ4v) is 2.58. The Kier molecular flexibility index (Phi) is 2.95. The second-order valence-corrected chi connectivity index (χ2v) is 4.78. The Morgan fingerprint density at radius 1 is 1.05 bits per heavy atom. The second-order valence-electron chi connectivity index (χ2n) is 4.78. The van der Waals surface area contributed by atoms with Gasteiger partial charge in [0.1, 0.15) is 0 Å². The topological polar surface area (TPSA) is 46.3 Å². The van der Waals surface area contributed by atoms with E-state index in [-0.39, 0.29) is 5.91 Å². The molecule has 0 saturated carbocycles. The number of nitrogens with two attached hydrogens (primary N) is 1. The van der Waals surface area contributed by atoms with Crippen LogP contribution in [0.1, 0.15) is 22.3 Å². The zero-order valence-electron chi connectivity index (χ0n) is 10.7. The van der Waals surface area contributed by atoms with E-state index < -0.39 is 0 Å². The van der Waals surface area contributed by atoms with Gasteiger partial charge in [-0.25, -0.2) is 0 Å². The van der Waals surface area contributed by atoms with E-state index in [0.29, 0.717) is 11.3 Å². The van der Waals surface area contributed by atoms with Gasteiger partial charge >= 0.3 is 0 Å². The van der Waals surface area contributed by atoms with Crippen molar-refractivity contribution in [1.82, 2.24) is 0 Å². The molecule has 0 radical (unpaired) electrons. The van der Waals surface area contributed by atoms with Crippen molar-refractivity contribution in [2.75, 3.05) is 17.2 Å². The van der Waals surface area contributed by atoms with Crippen LogP contribution in [-0.4, -0.2) is 12.5 Å². The molecule has 1 amide bonds. The Hall–Kier alpha value is -2.29. The van der Waals surface area contributed by atoms with Crippen molar-refractivity contribution in [3.63, 3.8) is 0 Å². The molecule has 0 fully saturated rings. The molecular weight excluding hydrogens is 236 g/mol. The number of hydrogen-bond acceptors (Lipinski definition) is 2. The van der Waals surface area contributed by atoms with Gasteiger partial charge in [-0.05, 0) is 36.6 Å². The van der Waals surface area contributed by atoms with Crippen LogP contribution in [0.25, 0.3) is 0 Å². The summed E-state index contributed by atoms with van der Waals surface area (Å²) in [5, 5.41) is 0. The quantitative estimate of drug-likeness (QED) is 0.793. The molecule has 0 saturated heterocycles. The van der Waals surface area contributed by atoms with Crippen LogP contribution in [0.15, 0.2) is 48.5 Å². The van der Waals surface area contributed by atoms with Crippen molar-refractivity contribution < 1.29 is 4.79 Å². The normalized spacial score (nSPS) is 14.0. The Bertz CT molecular complexity index is 622. The maximum atomic E-state index is 12.6. The average molecular weight is 252 g/mol. The van der Waals surface area contributed by atoms with Crippen molar-refractivity contribution in [3.05, 3.63) is 59.7 Å². The maximum absolute atomic E-state index is 12.6. The van der Waals surface area contributed by atoms with Crippen molar-refractivity contribution in [3.8, 4) is 0 Å². The number of nitrogens with zero attached hydrogens (tertiary/aromatic N) is 1. The minimum Gasteiger partial charge on any atom is -0.398 e. The van der Waals surface area contributed by atoms with Crippen LogP contribution in [-0.2, 0) is 6.42 Å². The molecule has 1 heterocycles. The van der Waals surface area contributed by atoms with E-state index in [1.54, 1.807) is 12.1 Å². The summed E-state index contributed by atoms with van der Waals surface area (Å²) in [5.41, 5.74) is 9.27. The van der Waals surface area contributed by atoms with E-state index in [4.69, 9.17) is 5.73 Å². The van der Waals surface area contributed by atoms with Crippen molar-refractivity contribution in [2.24, 2.45) is 0 Å². The van der Waals surface area contributed by atoms with Gasteiger partial charge in [-0.15, -0.1) is 0 Å². The minimum absolute atomic E-state index is 0.00903. The van der Waals surface area contributed by atoms with Gasteiger partial charge in [0, 0.05) is 17.9 Å². The lowest BCUT2D eigenvalue weighted by molar-refractivity contribution is 0.0986. The highest BCUT2D eigenvalue weighted by Gasteiger charge is 2.24. The van der Waals surface area contributed by atoms with Crippen LogP contribution in [0.4, 0.5) is 11.4 Å². The van der Waals surface area contributed by atoms with Gasteiger partial charge in [0.25, 0.3) is 5.91 Å².